The van der Waals surface area contributed by atoms with Gasteiger partial charge in [0, 0.05) is 10.7 Å². The summed E-state index contributed by atoms with van der Waals surface area (Å²) in [5, 5.41) is 0.299. The summed E-state index contributed by atoms with van der Waals surface area (Å²) < 4.78 is 27.0. The molecule has 0 fully saturated rings. The number of halogens is 1. The smallest absolute Gasteiger partial charge is 0.265 e. The topological polar surface area (TPSA) is 85.1 Å². The fourth-order valence-corrected chi connectivity index (χ4v) is 3.21. The number of sulfonamides is 1. The van der Waals surface area contributed by atoms with Crippen LogP contribution in [0, 0.1) is 13.8 Å². The van der Waals surface area contributed by atoms with Crippen molar-refractivity contribution in [3.05, 3.63) is 46.6 Å². The number of benzene rings is 1. The van der Waals surface area contributed by atoms with Gasteiger partial charge in [-0.1, -0.05) is 11.6 Å². The largest absolute Gasteiger partial charge is 0.398 e. The quantitative estimate of drug-likeness (QED) is 0.853. The highest BCUT2D eigenvalue weighted by atomic mass is 35.5. The predicted octanol–water partition coefficient (Wildman–Crippen LogP) is 2.73. The minimum atomic E-state index is -3.82. The van der Waals surface area contributed by atoms with Gasteiger partial charge in [-0.3, -0.25) is 4.72 Å². The molecule has 0 bridgehead atoms. The predicted molar refractivity (Wildman–Crippen MR) is 80.4 cm³/mol. The van der Waals surface area contributed by atoms with Crippen molar-refractivity contribution >= 4 is 33.1 Å². The second-order valence-corrected chi connectivity index (χ2v) is 6.55. The maximum absolute atomic E-state index is 12.3. The van der Waals surface area contributed by atoms with Crippen LogP contribution < -0.4 is 10.5 Å². The number of nitrogens with two attached hydrogens (primary N) is 1. The molecule has 1 aromatic heterocycles. The number of aromatic nitrogens is 1. The summed E-state index contributed by atoms with van der Waals surface area (Å²) in [6.45, 7) is 3.65. The van der Waals surface area contributed by atoms with E-state index in [1.807, 2.05) is 13.0 Å². The third-order valence-corrected chi connectivity index (χ3v) is 4.25. The number of anilines is 2. The van der Waals surface area contributed by atoms with Gasteiger partial charge in [0.2, 0.25) is 0 Å². The molecule has 3 N–H and O–H groups in total. The van der Waals surface area contributed by atoms with E-state index in [0.717, 1.165) is 11.3 Å². The number of pyridine rings is 1. The normalized spacial score (nSPS) is 11.3. The van der Waals surface area contributed by atoms with Gasteiger partial charge in [0.05, 0.1) is 5.69 Å². The molecule has 5 nitrogen and oxygen atoms in total. The SMILES string of the molecule is Cc1cc(C)nc(NS(=O)(=O)c2cc(Cl)ccc2N)c1. The van der Waals surface area contributed by atoms with Crippen LogP contribution in [0.5, 0.6) is 0 Å². The number of nitrogen functional groups attached to an aromatic ring is 1. The summed E-state index contributed by atoms with van der Waals surface area (Å²) in [6, 6.07) is 7.79. The zero-order valence-electron chi connectivity index (χ0n) is 11.0. The standard InChI is InChI=1S/C13H14ClN3O2S/c1-8-5-9(2)16-13(6-8)17-20(18,19)12-7-10(14)3-4-11(12)15/h3-7H,15H2,1-2H3,(H,16,17). The third-order valence-electron chi connectivity index (χ3n) is 2.60. The monoisotopic (exact) mass is 311 g/mol. The van der Waals surface area contributed by atoms with Crippen LogP contribution in [0.25, 0.3) is 0 Å². The first-order chi connectivity index (χ1) is 9.28. The van der Waals surface area contributed by atoms with Crippen molar-refractivity contribution in [2.75, 3.05) is 10.5 Å². The molecule has 0 unspecified atom stereocenters. The number of aryl methyl sites for hydroxylation is 2. The molecule has 20 heavy (non-hydrogen) atoms. The molecule has 0 atom stereocenters. The third kappa shape index (κ3) is 3.20. The summed E-state index contributed by atoms with van der Waals surface area (Å²) in [5.41, 5.74) is 7.46. The second kappa shape index (κ2) is 5.30. The molecular formula is C13H14ClN3O2S. The Morgan fingerprint density at radius 2 is 1.90 bits per heavy atom. The summed E-state index contributed by atoms with van der Waals surface area (Å²) in [6.07, 6.45) is 0. The molecule has 2 aromatic rings. The van der Waals surface area contributed by atoms with Crippen molar-refractivity contribution < 1.29 is 8.42 Å². The molecule has 0 saturated heterocycles. The lowest BCUT2D eigenvalue weighted by Crippen LogP contribution is -2.16. The molecule has 2 rings (SSSR count). The van der Waals surface area contributed by atoms with Crippen molar-refractivity contribution in [2.45, 2.75) is 18.7 Å². The Labute approximate surface area is 122 Å². The summed E-state index contributed by atoms with van der Waals surface area (Å²) in [4.78, 5) is 4.07. The summed E-state index contributed by atoms with van der Waals surface area (Å²) in [7, 11) is -3.82. The van der Waals surface area contributed by atoms with E-state index in [-0.39, 0.29) is 16.4 Å². The Balaban J connectivity index is 2.43. The van der Waals surface area contributed by atoms with Crippen LogP contribution in [0.4, 0.5) is 11.5 Å². The highest BCUT2D eigenvalue weighted by Crippen LogP contribution is 2.24. The van der Waals surface area contributed by atoms with Gasteiger partial charge >= 0.3 is 0 Å². The Kier molecular flexibility index (Phi) is 3.87. The van der Waals surface area contributed by atoms with Crippen molar-refractivity contribution in [1.82, 2.24) is 4.98 Å². The van der Waals surface area contributed by atoms with E-state index in [4.69, 9.17) is 17.3 Å². The van der Waals surface area contributed by atoms with Gasteiger partial charge in [-0.25, -0.2) is 13.4 Å². The van der Waals surface area contributed by atoms with Gasteiger partial charge in [-0.15, -0.1) is 0 Å². The number of nitrogens with zero attached hydrogens (tertiary/aromatic N) is 1. The van der Waals surface area contributed by atoms with Gasteiger partial charge < -0.3 is 5.73 Å². The lowest BCUT2D eigenvalue weighted by atomic mass is 10.2. The maximum Gasteiger partial charge on any atom is 0.265 e. The molecule has 0 aliphatic carbocycles. The van der Waals surface area contributed by atoms with Crippen molar-refractivity contribution in [2.24, 2.45) is 0 Å². The van der Waals surface area contributed by atoms with E-state index in [2.05, 4.69) is 9.71 Å². The van der Waals surface area contributed by atoms with Crippen LogP contribution in [-0.2, 0) is 10.0 Å². The van der Waals surface area contributed by atoms with E-state index < -0.39 is 10.0 Å². The van der Waals surface area contributed by atoms with Crippen LogP contribution in [0.2, 0.25) is 5.02 Å². The minimum Gasteiger partial charge on any atom is -0.398 e. The Bertz CT molecular complexity index is 740. The summed E-state index contributed by atoms with van der Waals surface area (Å²) in [5.74, 6) is 0.252. The van der Waals surface area contributed by atoms with Crippen molar-refractivity contribution in [3.63, 3.8) is 0 Å². The number of nitrogens with one attached hydrogen (secondary N) is 1. The average molecular weight is 312 g/mol. The van der Waals surface area contributed by atoms with Gasteiger partial charge in [0.25, 0.3) is 10.0 Å². The first kappa shape index (κ1) is 14.6. The molecule has 1 aromatic carbocycles. The van der Waals surface area contributed by atoms with Crippen molar-refractivity contribution in [1.29, 1.82) is 0 Å². The van der Waals surface area contributed by atoms with E-state index in [9.17, 15) is 8.42 Å². The van der Waals surface area contributed by atoms with E-state index >= 15 is 0 Å². The zero-order valence-corrected chi connectivity index (χ0v) is 12.6. The van der Waals surface area contributed by atoms with Gasteiger partial charge in [0.1, 0.15) is 10.7 Å². The van der Waals surface area contributed by atoms with Crippen LogP contribution in [0.15, 0.2) is 35.2 Å². The highest BCUT2D eigenvalue weighted by Gasteiger charge is 2.18. The number of rotatable bonds is 3. The van der Waals surface area contributed by atoms with Crippen LogP contribution >= 0.6 is 11.6 Å². The maximum atomic E-state index is 12.3. The fraction of sp³-hybridized carbons (Fsp3) is 0.154. The lowest BCUT2D eigenvalue weighted by molar-refractivity contribution is 0.601. The van der Waals surface area contributed by atoms with Gasteiger partial charge in [-0.2, -0.15) is 0 Å². The minimum absolute atomic E-state index is 0.0639. The van der Waals surface area contributed by atoms with E-state index in [0.29, 0.717) is 5.02 Å². The number of hydrogen-bond donors (Lipinski definition) is 2. The molecule has 0 saturated carbocycles. The zero-order chi connectivity index (χ0) is 14.9. The first-order valence-electron chi connectivity index (χ1n) is 5.81. The molecule has 0 spiro atoms. The van der Waals surface area contributed by atoms with Crippen molar-refractivity contribution in [3.8, 4) is 0 Å². The second-order valence-electron chi connectivity index (χ2n) is 4.46. The molecule has 1 heterocycles. The Hall–Kier alpha value is -1.79. The Morgan fingerprint density at radius 3 is 2.55 bits per heavy atom. The lowest BCUT2D eigenvalue weighted by Gasteiger charge is -2.11. The van der Waals surface area contributed by atoms with Crippen LogP contribution in [-0.4, -0.2) is 13.4 Å². The average Bonchev–Trinajstić information content (AvgIpc) is 2.30. The summed E-state index contributed by atoms with van der Waals surface area (Å²) >= 11 is 5.81. The highest BCUT2D eigenvalue weighted by molar-refractivity contribution is 7.92. The first-order valence-corrected chi connectivity index (χ1v) is 7.67. The molecular weight excluding hydrogens is 298 g/mol. The van der Waals surface area contributed by atoms with Crippen LogP contribution in [0.3, 0.4) is 0 Å². The van der Waals surface area contributed by atoms with E-state index in [1.165, 1.54) is 18.2 Å². The van der Waals surface area contributed by atoms with E-state index in [1.54, 1.807) is 13.0 Å². The number of hydrogen-bond acceptors (Lipinski definition) is 4. The van der Waals surface area contributed by atoms with Gasteiger partial charge in [0.15, 0.2) is 0 Å². The Morgan fingerprint density at radius 1 is 1.20 bits per heavy atom. The molecule has 0 radical (unpaired) electrons. The molecule has 7 heteroatoms. The van der Waals surface area contributed by atoms with Gasteiger partial charge in [-0.05, 0) is 49.7 Å². The fourth-order valence-electron chi connectivity index (χ4n) is 1.83. The van der Waals surface area contributed by atoms with Crippen LogP contribution in [0.1, 0.15) is 11.3 Å². The molecule has 0 aliphatic rings. The molecule has 0 amide bonds. The molecule has 0 aliphatic heterocycles. The molecule has 106 valence electrons.